The Morgan fingerprint density at radius 3 is 2.76 bits per heavy atom. The second-order valence-corrected chi connectivity index (χ2v) is 4.92. The average Bonchev–Trinajstić information content (AvgIpc) is 2.49. The van der Waals surface area contributed by atoms with Crippen LogP contribution in [0.1, 0.15) is 45.1 Å². The molecule has 0 saturated carbocycles. The van der Waals surface area contributed by atoms with Crippen LogP contribution in [0.2, 0.25) is 0 Å². The SMILES string of the molecule is CCCCC(CC)C(=O)Nc1ccc(F)c(C(N)=NO)c1. The van der Waals surface area contributed by atoms with Crippen LogP contribution >= 0.6 is 0 Å². The molecule has 6 heteroatoms. The highest BCUT2D eigenvalue weighted by molar-refractivity contribution is 5.99. The Morgan fingerprint density at radius 1 is 1.48 bits per heavy atom. The fourth-order valence-electron chi connectivity index (χ4n) is 2.07. The van der Waals surface area contributed by atoms with Crippen LogP contribution in [0.4, 0.5) is 10.1 Å². The Balaban J connectivity index is 2.85. The lowest BCUT2D eigenvalue weighted by atomic mass is 9.98. The molecular weight excluding hydrogens is 273 g/mol. The van der Waals surface area contributed by atoms with Gasteiger partial charge in [-0.2, -0.15) is 0 Å². The normalized spacial score (nSPS) is 13.0. The van der Waals surface area contributed by atoms with Gasteiger partial charge in [0.05, 0.1) is 5.56 Å². The van der Waals surface area contributed by atoms with Crippen LogP contribution in [0.3, 0.4) is 0 Å². The molecule has 0 aromatic heterocycles. The zero-order valence-electron chi connectivity index (χ0n) is 12.4. The quantitative estimate of drug-likeness (QED) is 0.312. The van der Waals surface area contributed by atoms with Gasteiger partial charge in [-0.25, -0.2) is 4.39 Å². The third-order valence-electron chi connectivity index (χ3n) is 3.39. The van der Waals surface area contributed by atoms with Crippen molar-refractivity contribution in [1.29, 1.82) is 0 Å². The Bertz CT molecular complexity index is 518. The highest BCUT2D eigenvalue weighted by atomic mass is 19.1. The number of carbonyl (C=O) groups is 1. The van der Waals surface area contributed by atoms with Gasteiger partial charge in [-0.05, 0) is 31.0 Å². The van der Waals surface area contributed by atoms with Gasteiger partial charge < -0.3 is 16.3 Å². The van der Waals surface area contributed by atoms with Gasteiger partial charge in [-0.1, -0.05) is 31.8 Å². The maximum atomic E-state index is 13.6. The van der Waals surface area contributed by atoms with E-state index >= 15 is 0 Å². The maximum absolute atomic E-state index is 13.6. The average molecular weight is 295 g/mol. The molecule has 5 nitrogen and oxygen atoms in total. The Hall–Kier alpha value is -2.11. The molecule has 1 atom stereocenters. The van der Waals surface area contributed by atoms with Crippen LogP contribution in [-0.2, 0) is 4.79 Å². The molecule has 1 unspecified atom stereocenters. The van der Waals surface area contributed by atoms with Gasteiger partial charge in [-0.3, -0.25) is 4.79 Å². The van der Waals surface area contributed by atoms with E-state index in [4.69, 9.17) is 10.9 Å². The molecule has 1 aromatic rings. The van der Waals surface area contributed by atoms with Crippen LogP contribution in [0.15, 0.2) is 23.4 Å². The number of carbonyl (C=O) groups excluding carboxylic acids is 1. The van der Waals surface area contributed by atoms with E-state index in [1.165, 1.54) is 18.2 Å². The fourth-order valence-corrected chi connectivity index (χ4v) is 2.07. The number of unbranched alkanes of at least 4 members (excludes halogenated alkanes) is 1. The molecule has 0 aliphatic carbocycles. The smallest absolute Gasteiger partial charge is 0.227 e. The van der Waals surface area contributed by atoms with E-state index in [1.54, 1.807) is 0 Å². The van der Waals surface area contributed by atoms with Crippen molar-refractivity contribution in [2.45, 2.75) is 39.5 Å². The van der Waals surface area contributed by atoms with Gasteiger partial charge >= 0.3 is 0 Å². The van der Waals surface area contributed by atoms with Crippen molar-refractivity contribution < 1.29 is 14.4 Å². The molecule has 0 radical (unpaired) electrons. The van der Waals surface area contributed by atoms with Crippen molar-refractivity contribution in [3.63, 3.8) is 0 Å². The van der Waals surface area contributed by atoms with Crippen molar-refractivity contribution in [2.75, 3.05) is 5.32 Å². The van der Waals surface area contributed by atoms with E-state index in [-0.39, 0.29) is 23.2 Å². The highest BCUT2D eigenvalue weighted by Crippen LogP contribution is 2.18. The van der Waals surface area contributed by atoms with E-state index in [9.17, 15) is 9.18 Å². The first-order chi connectivity index (χ1) is 10.0. The van der Waals surface area contributed by atoms with E-state index in [1.807, 2.05) is 6.92 Å². The lowest BCUT2D eigenvalue weighted by Crippen LogP contribution is -2.23. The summed E-state index contributed by atoms with van der Waals surface area (Å²) in [6.45, 7) is 4.04. The van der Waals surface area contributed by atoms with E-state index in [0.29, 0.717) is 5.69 Å². The van der Waals surface area contributed by atoms with Gasteiger partial charge in [0.15, 0.2) is 5.84 Å². The number of amidine groups is 1. The molecule has 0 fully saturated rings. The van der Waals surface area contributed by atoms with Gasteiger partial charge in [-0.15, -0.1) is 0 Å². The molecule has 0 aliphatic heterocycles. The Kier molecular flexibility index (Phi) is 6.65. The third kappa shape index (κ3) is 4.73. The standard InChI is InChI=1S/C15H22FN3O2/c1-3-5-6-10(4-2)15(20)18-11-7-8-13(16)12(9-11)14(17)19-21/h7-10,21H,3-6H2,1-2H3,(H2,17,19)(H,18,20). The predicted octanol–water partition coefficient (Wildman–Crippen LogP) is 3.08. The van der Waals surface area contributed by atoms with Crippen LogP contribution in [0, 0.1) is 11.7 Å². The minimum Gasteiger partial charge on any atom is -0.409 e. The summed E-state index contributed by atoms with van der Waals surface area (Å²) in [6.07, 6.45) is 3.60. The number of amides is 1. The van der Waals surface area contributed by atoms with Gasteiger partial charge in [0.2, 0.25) is 5.91 Å². The van der Waals surface area contributed by atoms with Crippen LogP contribution in [-0.4, -0.2) is 17.0 Å². The van der Waals surface area contributed by atoms with E-state index < -0.39 is 5.82 Å². The summed E-state index contributed by atoms with van der Waals surface area (Å²) in [7, 11) is 0. The number of hydrogen-bond acceptors (Lipinski definition) is 3. The molecule has 116 valence electrons. The van der Waals surface area contributed by atoms with Crippen LogP contribution in [0.5, 0.6) is 0 Å². The van der Waals surface area contributed by atoms with Gasteiger partial charge in [0.25, 0.3) is 0 Å². The summed E-state index contributed by atoms with van der Waals surface area (Å²) in [5.74, 6) is -1.10. The number of benzene rings is 1. The number of rotatable bonds is 7. The number of halogens is 1. The van der Waals surface area contributed by atoms with Gasteiger partial charge in [0, 0.05) is 11.6 Å². The highest BCUT2D eigenvalue weighted by Gasteiger charge is 2.17. The zero-order chi connectivity index (χ0) is 15.8. The van der Waals surface area contributed by atoms with Crippen molar-refractivity contribution in [3.05, 3.63) is 29.6 Å². The molecule has 0 spiro atoms. The first kappa shape index (κ1) is 16.9. The van der Waals surface area contributed by atoms with Crippen LogP contribution < -0.4 is 11.1 Å². The maximum Gasteiger partial charge on any atom is 0.227 e. The number of hydrogen-bond donors (Lipinski definition) is 3. The number of nitrogens with two attached hydrogens (primary N) is 1. The molecular formula is C15H22FN3O2. The first-order valence-electron chi connectivity index (χ1n) is 7.11. The lowest BCUT2D eigenvalue weighted by Gasteiger charge is -2.15. The molecule has 0 bridgehead atoms. The zero-order valence-corrected chi connectivity index (χ0v) is 12.4. The number of anilines is 1. The molecule has 4 N–H and O–H groups in total. The number of oxime groups is 1. The van der Waals surface area contributed by atoms with Gasteiger partial charge in [0.1, 0.15) is 5.82 Å². The van der Waals surface area contributed by atoms with Crippen molar-refractivity contribution in [2.24, 2.45) is 16.8 Å². The molecule has 1 rings (SSSR count). The summed E-state index contributed by atoms with van der Waals surface area (Å²) in [4.78, 5) is 12.2. The second-order valence-electron chi connectivity index (χ2n) is 4.92. The minimum atomic E-state index is -0.610. The summed E-state index contributed by atoms with van der Waals surface area (Å²) < 4.78 is 13.6. The Morgan fingerprint density at radius 2 is 2.19 bits per heavy atom. The molecule has 1 amide bonds. The minimum absolute atomic E-state index is 0.0445. The summed E-state index contributed by atoms with van der Waals surface area (Å²) in [5.41, 5.74) is 5.78. The molecule has 21 heavy (non-hydrogen) atoms. The largest absolute Gasteiger partial charge is 0.409 e. The molecule has 1 aromatic carbocycles. The number of nitrogens with one attached hydrogen (secondary N) is 1. The van der Waals surface area contributed by atoms with Crippen molar-refractivity contribution in [3.8, 4) is 0 Å². The predicted molar refractivity (Wildman–Crippen MR) is 80.8 cm³/mol. The third-order valence-corrected chi connectivity index (χ3v) is 3.39. The van der Waals surface area contributed by atoms with Crippen molar-refractivity contribution in [1.82, 2.24) is 0 Å². The van der Waals surface area contributed by atoms with E-state index in [0.717, 1.165) is 25.7 Å². The summed E-state index contributed by atoms with van der Waals surface area (Å²) >= 11 is 0. The fraction of sp³-hybridized carbons (Fsp3) is 0.467. The monoisotopic (exact) mass is 295 g/mol. The first-order valence-corrected chi connectivity index (χ1v) is 7.11. The number of nitrogens with zero attached hydrogens (tertiary/aromatic N) is 1. The van der Waals surface area contributed by atoms with E-state index in [2.05, 4.69) is 17.4 Å². The van der Waals surface area contributed by atoms with Crippen molar-refractivity contribution >= 4 is 17.4 Å². The second kappa shape index (κ2) is 8.24. The molecule has 0 saturated heterocycles. The topological polar surface area (TPSA) is 87.7 Å². The lowest BCUT2D eigenvalue weighted by molar-refractivity contribution is -0.120. The summed E-state index contributed by atoms with van der Waals surface area (Å²) in [6, 6.07) is 3.98. The van der Waals surface area contributed by atoms with Crippen LogP contribution in [0.25, 0.3) is 0 Å². The Labute approximate surface area is 124 Å². The molecule has 0 aliphatic rings. The molecule has 0 heterocycles. The summed E-state index contributed by atoms with van der Waals surface area (Å²) in [5, 5.41) is 14.1.